The zero-order chi connectivity index (χ0) is 26.1. The number of nitrogens with zero attached hydrogens (tertiary/aromatic N) is 5. The number of benzene rings is 2. The summed E-state index contributed by atoms with van der Waals surface area (Å²) in [7, 11) is 1.95. The average molecular weight is 514 g/mol. The molecule has 2 aromatic carbocycles. The van der Waals surface area contributed by atoms with Crippen molar-refractivity contribution in [2.24, 2.45) is 7.05 Å². The molecule has 0 radical (unpaired) electrons. The first-order valence-electron chi connectivity index (χ1n) is 12.8. The van der Waals surface area contributed by atoms with Crippen LogP contribution in [0.5, 0.6) is 5.75 Å². The smallest absolute Gasteiger partial charge is 0.300 e. The minimum absolute atomic E-state index is 0.416. The van der Waals surface area contributed by atoms with E-state index in [1.807, 2.05) is 61.1 Å². The Morgan fingerprint density at radius 1 is 1.11 bits per heavy atom. The first-order valence-corrected chi connectivity index (χ1v) is 12.8. The van der Waals surface area contributed by atoms with Gasteiger partial charge in [0.1, 0.15) is 23.3 Å². The molecule has 0 atom stereocenters. The molecule has 3 N–H and O–H groups in total. The highest BCUT2D eigenvalue weighted by Gasteiger charge is 2.16. The van der Waals surface area contributed by atoms with E-state index in [9.17, 15) is 0 Å². The second-order valence-corrected chi connectivity index (χ2v) is 9.60. The van der Waals surface area contributed by atoms with E-state index in [1.54, 1.807) is 0 Å². The topological polar surface area (TPSA) is 116 Å². The highest BCUT2D eigenvalue weighted by Crippen LogP contribution is 2.34. The van der Waals surface area contributed by atoms with Gasteiger partial charge in [0.25, 0.3) is 6.01 Å². The highest BCUT2D eigenvalue weighted by molar-refractivity contribution is 6.00. The fraction of sp³-hybridized carbons (Fsp3) is 0.321. The molecular formula is C28H31N7O3. The number of oxazole rings is 1. The number of nitrogens with one attached hydrogen (secondary N) is 1. The molecule has 0 unspecified atom stereocenters. The van der Waals surface area contributed by atoms with Crippen LogP contribution in [0.25, 0.3) is 33.3 Å². The Hall–Kier alpha value is -4.15. The second-order valence-electron chi connectivity index (χ2n) is 9.60. The summed E-state index contributed by atoms with van der Waals surface area (Å²) < 4.78 is 19.6. The third-order valence-electron chi connectivity index (χ3n) is 6.81. The number of ether oxygens (including phenoxy) is 2. The zero-order valence-corrected chi connectivity index (χ0v) is 21.6. The third-order valence-corrected chi connectivity index (χ3v) is 6.81. The SMILES string of the molecule is Cc1cc(OCCCN2CCOCC2)c2oc(Nc3ccc(-c4cn(C)c5ncnc(N)c45)cc3)nc2c1. The van der Waals surface area contributed by atoms with Gasteiger partial charge in [-0.15, -0.1) is 0 Å². The van der Waals surface area contributed by atoms with Gasteiger partial charge < -0.3 is 29.5 Å². The van der Waals surface area contributed by atoms with Gasteiger partial charge in [0.2, 0.25) is 0 Å². The summed E-state index contributed by atoms with van der Waals surface area (Å²) in [5.74, 6) is 1.18. The van der Waals surface area contributed by atoms with Crippen molar-refractivity contribution >= 4 is 39.7 Å². The molecular weight excluding hydrogens is 482 g/mol. The number of hydrogen-bond donors (Lipinski definition) is 2. The molecule has 0 bridgehead atoms. The number of rotatable bonds is 8. The lowest BCUT2D eigenvalue weighted by atomic mass is 10.1. The normalized spacial score (nSPS) is 14.4. The van der Waals surface area contributed by atoms with Crippen LogP contribution in [-0.2, 0) is 11.8 Å². The van der Waals surface area contributed by atoms with E-state index in [0.29, 0.717) is 29.8 Å². The van der Waals surface area contributed by atoms with Crippen molar-refractivity contribution in [2.75, 3.05) is 50.5 Å². The maximum Gasteiger partial charge on any atom is 0.300 e. The van der Waals surface area contributed by atoms with E-state index in [2.05, 4.69) is 25.2 Å². The quantitative estimate of drug-likeness (QED) is 0.289. The van der Waals surface area contributed by atoms with E-state index in [0.717, 1.165) is 78.2 Å². The van der Waals surface area contributed by atoms with E-state index in [4.69, 9.17) is 19.6 Å². The minimum Gasteiger partial charge on any atom is -0.490 e. The molecule has 1 aliphatic heterocycles. The van der Waals surface area contributed by atoms with Crippen molar-refractivity contribution in [1.82, 2.24) is 24.4 Å². The molecule has 10 nitrogen and oxygen atoms in total. The van der Waals surface area contributed by atoms with Gasteiger partial charge in [-0.05, 0) is 48.7 Å². The van der Waals surface area contributed by atoms with Gasteiger partial charge in [-0.2, -0.15) is 4.98 Å². The number of anilines is 3. The zero-order valence-electron chi connectivity index (χ0n) is 21.6. The summed E-state index contributed by atoms with van der Waals surface area (Å²) in [6.07, 6.45) is 4.44. The van der Waals surface area contributed by atoms with Gasteiger partial charge in [-0.1, -0.05) is 12.1 Å². The first-order chi connectivity index (χ1) is 18.5. The van der Waals surface area contributed by atoms with Gasteiger partial charge in [-0.3, -0.25) is 4.90 Å². The van der Waals surface area contributed by atoms with Crippen LogP contribution < -0.4 is 15.8 Å². The lowest BCUT2D eigenvalue weighted by Gasteiger charge is -2.26. The summed E-state index contributed by atoms with van der Waals surface area (Å²) in [6, 6.07) is 12.4. The number of nitrogen functional groups attached to an aromatic ring is 1. The van der Waals surface area contributed by atoms with Crippen LogP contribution in [0, 0.1) is 6.92 Å². The minimum atomic E-state index is 0.416. The predicted molar refractivity (Wildman–Crippen MR) is 148 cm³/mol. The van der Waals surface area contributed by atoms with E-state index < -0.39 is 0 Å². The largest absolute Gasteiger partial charge is 0.490 e. The molecule has 5 aromatic rings. The molecule has 3 aromatic heterocycles. The summed E-state index contributed by atoms with van der Waals surface area (Å²) in [5.41, 5.74) is 12.3. The molecule has 1 aliphatic rings. The van der Waals surface area contributed by atoms with E-state index >= 15 is 0 Å². The van der Waals surface area contributed by atoms with E-state index in [-0.39, 0.29) is 0 Å². The van der Waals surface area contributed by atoms with Crippen LogP contribution in [0.2, 0.25) is 0 Å². The van der Waals surface area contributed by atoms with Crippen molar-refractivity contribution in [3.63, 3.8) is 0 Å². The van der Waals surface area contributed by atoms with E-state index in [1.165, 1.54) is 6.33 Å². The Kier molecular flexibility index (Phi) is 6.57. The fourth-order valence-corrected chi connectivity index (χ4v) is 4.90. The van der Waals surface area contributed by atoms with Crippen LogP contribution in [0.1, 0.15) is 12.0 Å². The Bertz CT molecular complexity index is 1570. The first kappa shape index (κ1) is 24.2. The number of nitrogens with two attached hydrogens (primary N) is 1. The van der Waals surface area contributed by atoms with Crippen LogP contribution in [-0.4, -0.2) is 63.9 Å². The highest BCUT2D eigenvalue weighted by atomic mass is 16.5. The molecule has 0 saturated carbocycles. The molecule has 10 heteroatoms. The van der Waals surface area contributed by atoms with Crippen LogP contribution in [0.15, 0.2) is 53.3 Å². The second kappa shape index (κ2) is 10.3. The molecule has 196 valence electrons. The number of morpholine rings is 1. The van der Waals surface area contributed by atoms with Crippen molar-refractivity contribution in [3.05, 3.63) is 54.5 Å². The lowest BCUT2D eigenvalue weighted by molar-refractivity contribution is 0.0358. The number of hydrogen-bond acceptors (Lipinski definition) is 9. The van der Waals surface area contributed by atoms with Gasteiger partial charge >= 0.3 is 0 Å². The van der Waals surface area contributed by atoms with Crippen LogP contribution in [0.3, 0.4) is 0 Å². The molecule has 1 saturated heterocycles. The van der Waals surface area contributed by atoms with Gasteiger partial charge in [0.15, 0.2) is 11.3 Å². The molecule has 0 spiro atoms. The van der Waals surface area contributed by atoms with Crippen molar-refractivity contribution in [1.29, 1.82) is 0 Å². The fourth-order valence-electron chi connectivity index (χ4n) is 4.90. The maximum atomic E-state index is 6.16. The Balaban J connectivity index is 1.16. The Morgan fingerprint density at radius 2 is 1.92 bits per heavy atom. The van der Waals surface area contributed by atoms with Gasteiger partial charge in [0, 0.05) is 44.1 Å². The van der Waals surface area contributed by atoms with Crippen molar-refractivity contribution < 1.29 is 13.9 Å². The monoisotopic (exact) mass is 513 g/mol. The lowest BCUT2D eigenvalue weighted by Crippen LogP contribution is -2.37. The van der Waals surface area contributed by atoms with Crippen molar-refractivity contribution in [3.8, 4) is 16.9 Å². The molecule has 4 heterocycles. The number of aromatic nitrogens is 4. The Labute approximate surface area is 220 Å². The van der Waals surface area contributed by atoms with Crippen LogP contribution in [0.4, 0.5) is 17.5 Å². The van der Waals surface area contributed by atoms with Gasteiger partial charge in [-0.25, -0.2) is 9.97 Å². The summed E-state index contributed by atoms with van der Waals surface area (Å²) in [5, 5.41) is 4.13. The maximum absolute atomic E-state index is 6.16. The molecule has 38 heavy (non-hydrogen) atoms. The van der Waals surface area contributed by atoms with Crippen LogP contribution >= 0.6 is 0 Å². The standard InChI is InChI=1S/C28H31N7O3/c1-18-14-22-25(23(15-18)37-11-3-8-35-9-12-36-13-10-35)38-28(33-22)32-20-6-4-19(5-7-20)21-16-34(2)27-24(21)26(29)30-17-31-27/h4-7,14-17H,3,8-13H2,1-2H3,(H,32,33)(H2,29,30,31). The predicted octanol–water partition coefficient (Wildman–Crippen LogP) is 4.51. The molecule has 0 amide bonds. The summed E-state index contributed by atoms with van der Waals surface area (Å²) in [4.78, 5) is 15.6. The number of aryl methyl sites for hydroxylation is 2. The van der Waals surface area contributed by atoms with Gasteiger partial charge in [0.05, 0.1) is 25.2 Å². The molecule has 6 rings (SSSR count). The molecule has 1 fully saturated rings. The Morgan fingerprint density at radius 3 is 2.74 bits per heavy atom. The molecule has 0 aliphatic carbocycles. The van der Waals surface area contributed by atoms with Crippen molar-refractivity contribution in [2.45, 2.75) is 13.3 Å². The third kappa shape index (κ3) is 4.88. The average Bonchev–Trinajstić information content (AvgIpc) is 3.48. The summed E-state index contributed by atoms with van der Waals surface area (Å²) in [6.45, 7) is 7.23. The number of fused-ring (bicyclic) bond motifs is 2. The summed E-state index contributed by atoms with van der Waals surface area (Å²) >= 11 is 0.